The number of hydrogen-bond donors (Lipinski definition) is 2. The Hall–Kier alpha value is -1.49. The molecule has 5 heteroatoms. The van der Waals surface area contributed by atoms with Crippen molar-refractivity contribution in [2.75, 3.05) is 13.1 Å². The van der Waals surface area contributed by atoms with E-state index in [1.807, 2.05) is 0 Å². The minimum Gasteiger partial charge on any atom is -0.354 e. The van der Waals surface area contributed by atoms with Crippen molar-refractivity contribution in [2.24, 2.45) is 0 Å². The maximum Gasteiger partial charge on any atom is 0.235 e. The van der Waals surface area contributed by atoms with Crippen molar-refractivity contribution in [1.29, 1.82) is 0 Å². The molecule has 4 heterocycles. The molecule has 5 nitrogen and oxygen atoms in total. The molecule has 2 atom stereocenters. The zero-order chi connectivity index (χ0) is 11.0. The predicted octanol–water partition coefficient (Wildman–Crippen LogP) is -0.404. The number of nitrogens with one attached hydrogen (secondary N) is 2. The van der Waals surface area contributed by atoms with E-state index in [0.29, 0.717) is 25.0 Å². The van der Waals surface area contributed by atoms with Gasteiger partial charge in [0.25, 0.3) is 0 Å². The highest BCUT2D eigenvalue weighted by atomic mass is 16.2. The Labute approximate surface area is 93.7 Å². The summed E-state index contributed by atoms with van der Waals surface area (Å²) in [6, 6.07) is 2.18. The van der Waals surface area contributed by atoms with Crippen molar-refractivity contribution in [3.63, 3.8) is 0 Å². The largest absolute Gasteiger partial charge is 0.354 e. The van der Waals surface area contributed by atoms with Crippen LogP contribution in [-0.2, 0) is 10.2 Å². The number of rotatable bonds is 1. The third kappa shape index (κ3) is 1.31. The molecule has 2 unspecified atom stereocenters. The van der Waals surface area contributed by atoms with Gasteiger partial charge in [-0.3, -0.25) is 4.79 Å². The molecule has 0 spiro atoms. The molecule has 0 saturated carbocycles. The zero-order valence-electron chi connectivity index (χ0n) is 8.94. The summed E-state index contributed by atoms with van der Waals surface area (Å²) in [6.07, 6.45) is 5.22. The van der Waals surface area contributed by atoms with Crippen molar-refractivity contribution >= 4 is 5.91 Å². The lowest BCUT2D eigenvalue weighted by molar-refractivity contribution is -0.126. The second-order valence-electron chi connectivity index (χ2n) is 4.48. The number of amides is 1. The number of aromatic nitrogens is 2. The van der Waals surface area contributed by atoms with Crippen molar-refractivity contribution in [1.82, 2.24) is 20.6 Å². The molecular formula is C11H14N4O. The Morgan fingerprint density at radius 2 is 2.19 bits per heavy atom. The molecular weight excluding hydrogens is 204 g/mol. The summed E-state index contributed by atoms with van der Waals surface area (Å²) in [4.78, 5) is 20.7. The van der Waals surface area contributed by atoms with E-state index < -0.39 is 5.41 Å². The van der Waals surface area contributed by atoms with Crippen molar-refractivity contribution < 1.29 is 4.79 Å². The van der Waals surface area contributed by atoms with Crippen molar-refractivity contribution in [3.8, 4) is 0 Å². The van der Waals surface area contributed by atoms with E-state index in [9.17, 15) is 4.79 Å². The van der Waals surface area contributed by atoms with Crippen LogP contribution in [0.3, 0.4) is 0 Å². The van der Waals surface area contributed by atoms with Crippen LogP contribution in [0.5, 0.6) is 0 Å². The molecule has 1 aromatic rings. The molecule has 2 N–H and O–H groups in total. The van der Waals surface area contributed by atoms with Crippen LogP contribution in [0.4, 0.5) is 0 Å². The molecule has 1 aromatic heterocycles. The highest BCUT2D eigenvalue weighted by Gasteiger charge is 2.47. The Bertz CT molecular complexity index is 398. The highest BCUT2D eigenvalue weighted by molar-refractivity contribution is 5.88. The van der Waals surface area contributed by atoms with Gasteiger partial charge in [0.2, 0.25) is 5.91 Å². The zero-order valence-corrected chi connectivity index (χ0v) is 8.94. The van der Waals surface area contributed by atoms with Crippen LogP contribution in [0, 0.1) is 0 Å². The minimum atomic E-state index is -0.561. The van der Waals surface area contributed by atoms with Gasteiger partial charge in [-0.1, -0.05) is 0 Å². The fourth-order valence-electron chi connectivity index (χ4n) is 2.52. The van der Waals surface area contributed by atoms with E-state index in [-0.39, 0.29) is 5.91 Å². The fraction of sp³-hybridized carbons (Fsp3) is 0.545. The highest BCUT2D eigenvalue weighted by Crippen LogP contribution is 2.32. The first-order chi connectivity index (χ1) is 7.81. The molecule has 3 fully saturated rings. The summed E-state index contributed by atoms with van der Waals surface area (Å²) in [6.45, 7) is 1.36. The van der Waals surface area contributed by atoms with Crippen molar-refractivity contribution in [3.05, 3.63) is 24.3 Å². The monoisotopic (exact) mass is 218 g/mol. The van der Waals surface area contributed by atoms with E-state index in [0.717, 1.165) is 12.8 Å². The molecule has 3 aliphatic heterocycles. The Morgan fingerprint density at radius 1 is 1.38 bits per heavy atom. The van der Waals surface area contributed by atoms with Gasteiger partial charge in [-0.25, -0.2) is 9.97 Å². The second kappa shape index (κ2) is 3.52. The molecule has 0 aromatic carbocycles. The summed E-state index contributed by atoms with van der Waals surface area (Å²) in [5, 5.41) is 6.35. The van der Waals surface area contributed by atoms with Crippen LogP contribution >= 0.6 is 0 Å². The molecule has 84 valence electrons. The van der Waals surface area contributed by atoms with Gasteiger partial charge in [0.15, 0.2) is 0 Å². The van der Waals surface area contributed by atoms with E-state index >= 15 is 0 Å². The average molecular weight is 218 g/mol. The standard InChI is InChI=1S/C11H14N4O/c16-10-11(9-12-4-1-5-13-9)3-2-8(6-14-10)15-7-11/h1,4-5,8,15H,2-3,6-7H2,(H,14,16). The molecule has 3 saturated heterocycles. The Morgan fingerprint density at radius 3 is 2.88 bits per heavy atom. The van der Waals surface area contributed by atoms with Crippen LogP contribution in [-0.4, -0.2) is 35.0 Å². The maximum atomic E-state index is 12.2. The first kappa shape index (κ1) is 9.72. The number of nitrogens with zero attached hydrogens (tertiary/aromatic N) is 2. The Kier molecular flexibility index (Phi) is 2.14. The van der Waals surface area contributed by atoms with Gasteiger partial charge in [0.1, 0.15) is 11.2 Å². The molecule has 0 aliphatic carbocycles. The normalized spacial score (nSPS) is 33.2. The van der Waals surface area contributed by atoms with Gasteiger partial charge in [0.05, 0.1) is 0 Å². The summed E-state index contributed by atoms with van der Waals surface area (Å²) in [5.41, 5.74) is -0.561. The summed E-state index contributed by atoms with van der Waals surface area (Å²) < 4.78 is 0. The number of fused-ring (bicyclic) bond motifs is 4. The second-order valence-corrected chi connectivity index (χ2v) is 4.48. The topological polar surface area (TPSA) is 66.9 Å². The van der Waals surface area contributed by atoms with Crippen LogP contribution in [0.25, 0.3) is 0 Å². The number of carbonyl (C=O) groups is 1. The van der Waals surface area contributed by atoms with Gasteiger partial charge in [-0.15, -0.1) is 0 Å². The van der Waals surface area contributed by atoms with E-state index in [1.54, 1.807) is 18.5 Å². The molecule has 2 bridgehead atoms. The lowest BCUT2D eigenvalue weighted by Crippen LogP contribution is -2.51. The third-order valence-electron chi connectivity index (χ3n) is 3.55. The van der Waals surface area contributed by atoms with Crippen LogP contribution < -0.4 is 10.6 Å². The van der Waals surface area contributed by atoms with Gasteiger partial charge in [-0.05, 0) is 18.9 Å². The number of piperidine rings is 1. The van der Waals surface area contributed by atoms with Crippen molar-refractivity contribution in [2.45, 2.75) is 24.3 Å². The minimum absolute atomic E-state index is 0.0613. The van der Waals surface area contributed by atoms with Gasteiger partial charge >= 0.3 is 0 Å². The Balaban J connectivity index is 2.05. The molecule has 1 amide bonds. The summed E-state index contributed by atoms with van der Waals surface area (Å²) in [7, 11) is 0. The first-order valence-electron chi connectivity index (χ1n) is 5.60. The van der Waals surface area contributed by atoms with E-state index in [4.69, 9.17) is 0 Å². The van der Waals surface area contributed by atoms with Gasteiger partial charge < -0.3 is 10.6 Å². The SMILES string of the molecule is O=C1NCC2CCC1(c1ncccn1)CN2. The number of carbonyl (C=O) groups excluding carboxylic acids is 1. The molecule has 3 aliphatic rings. The lowest BCUT2D eigenvalue weighted by Gasteiger charge is -2.33. The van der Waals surface area contributed by atoms with E-state index in [1.165, 1.54) is 0 Å². The van der Waals surface area contributed by atoms with Crippen LogP contribution in [0.2, 0.25) is 0 Å². The predicted molar refractivity (Wildman–Crippen MR) is 57.7 cm³/mol. The summed E-state index contributed by atoms with van der Waals surface area (Å²) in [5.74, 6) is 0.701. The molecule has 4 rings (SSSR count). The van der Waals surface area contributed by atoms with Crippen LogP contribution in [0.15, 0.2) is 18.5 Å². The van der Waals surface area contributed by atoms with E-state index in [2.05, 4.69) is 20.6 Å². The molecule has 0 radical (unpaired) electrons. The third-order valence-corrected chi connectivity index (χ3v) is 3.55. The fourth-order valence-corrected chi connectivity index (χ4v) is 2.52. The number of hydrogen-bond acceptors (Lipinski definition) is 4. The maximum absolute atomic E-state index is 12.2. The van der Waals surface area contributed by atoms with Crippen LogP contribution in [0.1, 0.15) is 18.7 Å². The lowest BCUT2D eigenvalue weighted by atomic mass is 9.78. The quantitative estimate of drug-likeness (QED) is 0.673. The summed E-state index contributed by atoms with van der Waals surface area (Å²) >= 11 is 0. The van der Waals surface area contributed by atoms with Gasteiger partial charge in [-0.2, -0.15) is 0 Å². The van der Waals surface area contributed by atoms with Gasteiger partial charge in [0, 0.05) is 31.5 Å². The first-order valence-corrected chi connectivity index (χ1v) is 5.60. The molecule has 16 heavy (non-hydrogen) atoms. The smallest absolute Gasteiger partial charge is 0.235 e. The average Bonchev–Trinajstić information content (AvgIpc) is 2.62.